The second-order valence-electron chi connectivity index (χ2n) is 2.25. The summed E-state index contributed by atoms with van der Waals surface area (Å²) in [6, 6.07) is 0. The number of hydrogen-bond acceptors (Lipinski definition) is 3. The summed E-state index contributed by atoms with van der Waals surface area (Å²) < 4.78 is 9.41. The number of nitrogens with one attached hydrogen (secondary N) is 1. The van der Waals surface area contributed by atoms with E-state index in [2.05, 4.69) is 5.32 Å². The topological polar surface area (TPSA) is 52.5 Å². The molecule has 3 N–H and O–H groups in total. The van der Waals surface area contributed by atoms with Crippen LogP contribution in [0, 0.1) is 0 Å². The molecule has 9 heavy (non-hydrogen) atoms. The number of hydrogen-bond donors (Lipinski definition) is 3. The molecule has 0 unspecified atom stereocenters. The Morgan fingerprint density at radius 2 is 2.33 bits per heavy atom. The minimum atomic E-state index is -1.68. The van der Waals surface area contributed by atoms with Crippen molar-refractivity contribution in [3.05, 3.63) is 0 Å². The molecule has 0 aromatic carbocycles. The molecule has 3 nitrogen and oxygen atoms in total. The van der Waals surface area contributed by atoms with Crippen LogP contribution in [0.25, 0.3) is 0 Å². The van der Waals surface area contributed by atoms with E-state index in [4.69, 9.17) is 8.54 Å². The Hall–Kier alpha value is 0.610. The fourth-order valence-electron chi connectivity index (χ4n) is 0.910. The third-order valence-corrected chi connectivity index (χ3v) is 4.56. The van der Waals surface area contributed by atoms with Crippen molar-refractivity contribution in [2.24, 2.45) is 0 Å². The molecule has 1 aliphatic heterocycles. The summed E-state index contributed by atoms with van der Waals surface area (Å²) in [4.78, 5) is 1.89. The van der Waals surface area contributed by atoms with Gasteiger partial charge in [0.25, 0.3) is 0 Å². The molecule has 4 heteroatoms. The van der Waals surface area contributed by atoms with Gasteiger partial charge in [-0.25, -0.2) is 0 Å². The molecule has 0 amide bonds. The molecule has 0 radical (unpaired) electrons. The molecule has 1 saturated heterocycles. The third kappa shape index (κ3) is 2.03. The van der Waals surface area contributed by atoms with Crippen molar-refractivity contribution in [2.45, 2.75) is 16.6 Å². The molecule has 56 valence electrons. The van der Waals surface area contributed by atoms with E-state index < -0.39 is 20.2 Å². The zero-order valence-corrected chi connectivity index (χ0v) is 7.50. The van der Waals surface area contributed by atoms with Gasteiger partial charge in [-0.1, -0.05) is 0 Å². The summed E-state index contributed by atoms with van der Waals surface area (Å²) in [5, 5.41) is 12.1. The molecule has 1 aliphatic rings. The quantitative estimate of drug-likeness (QED) is 0.338. The van der Waals surface area contributed by atoms with Gasteiger partial charge in [0.1, 0.15) is 0 Å². The standard InChI is InChI=1S/C5H12INO2/c1-6(9)5-2-4(8)3-7-5/h4-5,7-9H,2-3H2,1H3/t4-,5+/m1/s1. The van der Waals surface area contributed by atoms with Crippen LogP contribution in [0.5, 0.6) is 0 Å². The fraction of sp³-hybridized carbons (Fsp3) is 1.00. The van der Waals surface area contributed by atoms with Gasteiger partial charge < -0.3 is 0 Å². The van der Waals surface area contributed by atoms with Gasteiger partial charge >= 0.3 is 62.1 Å². The zero-order valence-electron chi connectivity index (χ0n) is 5.34. The van der Waals surface area contributed by atoms with Crippen LogP contribution in [0.3, 0.4) is 0 Å². The first kappa shape index (κ1) is 7.71. The van der Waals surface area contributed by atoms with E-state index in [0.29, 0.717) is 6.54 Å². The van der Waals surface area contributed by atoms with E-state index in [0.717, 1.165) is 6.42 Å². The molecular weight excluding hydrogens is 233 g/mol. The van der Waals surface area contributed by atoms with E-state index >= 15 is 0 Å². The van der Waals surface area contributed by atoms with Crippen LogP contribution in [-0.2, 0) is 0 Å². The van der Waals surface area contributed by atoms with E-state index in [1.807, 2.05) is 4.93 Å². The van der Waals surface area contributed by atoms with Crippen LogP contribution in [0.15, 0.2) is 0 Å². The Bertz CT molecular complexity index is 99.0. The van der Waals surface area contributed by atoms with E-state index in [1.54, 1.807) is 0 Å². The monoisotopic (exact) mass is 245 g/mol. The average Bonchev–Trinajstić information content (AvgIpc) is 2.14. The molecule has 0 bridgehead atoms. The molecule has 1 heterocycles. The summed E-state index contributed by atoms with van der Waals surface area (Å²) in [5.41, 5.74) is 0. The van der Waals surface area contributed by atoms with Crippen molar-refractivity contribution in [3.63, 3.8) is 0 Å². The van der Waals surface area contributed by atoms with Gasteiger partial charge in [0.15, 0.2) is 0 Å². The van der Waals surface area contributed by atoms with Gasteiger partial charge in [-0.3, -0.25) is 0 Å². The molecule has 0 aromatic heterocycles. The average molecular weight is 245 g/mol. The zero-order chi connectivity index (χ0) is 6.85. The van der Waals surface area contributed by atoms with Gasteiger partial charge in [-0.2, -0.15) is 0 Å². The molecule has 0 saturated carbocycles. The number of halogens is 1. The van der Waals surface area contributed by atoms with Crippen molar-refractivity contribution >= 4 is 20.2 Å². The normalized spacial score (nSPS) is 37.0. The minimum absolute atomic E-state index is 0.220. The molecule has 0 spiro atoms. The summed E-state index contributed by atoms with van der Waals surface area (Å²) in [7, 11) is 0. The molecule has 1 fully saturated rings. The predicted octanol–water partition coefficient (Wildman–Crippen LogP) is -0.290. The van der Waals surface area contributed by atoms with E-state index in [9.17, 15) is 0 Å². The van der Waals surface area contributed by atoms with Crippen molar-refractivity contribution in [1.82, 2.24) is 5.32 Å². The van der Waals surface area contributed by atoms with Crippen LogP contribution in [0.2, 0.25) is 0 Å². The summed E-state index contributed by atoms with van der Waals surface area (Å²) >= 11 is -1.68. The van der Waals surface area contributed by atoms with Crippen LogP contribution in [0.1, 0.15) is 6.42 Å². The Balaban J connectivity index is 2.30. The third-order valence-electron chi connectivity index (χ3n) is 1.44. The molecular formula is C5H12INO2. The second-order valence-corrected chi connectivity index (χ2v) is 6.52. The fourth-order valence-corrected chi connectivity index (χ4v) is 3.12. The predicted molar refractivity (Wildman–Crippen MR) is 44.6 cm³/mol. The molecule has 0 aromatic rings. The number of aliphatic hydroxyl groups excluding tert-OH is 1. The summed E-state index contributed by atoms with van der Waals surface area (Å²) in [6.07, 6.45) is 0.527. The van der Waals surface area contributed by atoms with Crippen molar-refractivity contribution in [2.75, 3.05) is 11.5 Å². The van der Waals surface area contributed by atoms with Gasteiger partial charge in [0.2, 0.25) is 0 Å². The van der Waals surface area contributed by atoms with Gasteiger partial charge in [-0.15, -0.1) is 0 Å². The van der Waals surface area contributed by atoms with Crippen LogP contribution < -0.4 is 5.32 Å². The van der Waals surface area contributed by atoms with Crippen molar-refractivity contribution in [1.29, 1.82) is 0 Å². The summed E-state index contributed by atoms with van der Waals surface area (Å²) in [5.74, 6) is 0. The SMILES string of the molecule is CI(O)[C@@H]1C[C@@H](O)CN1. The molecule has 2 atom stereocenters. The first-order valence-corrected chi connectivity index (χ1v) is 7.26. The number of alkyl halides is 2. The number of rotatable bonds is 1. The Labute approximate surface area is 62.4 Å². The van der Waals surface area contributed by atoms with Crippen LogP contribution in [-0.4, -0.2) is 30.2 Å². The summed E-state index contributed by atoms with van der Waals surface area (Å²) in [6.45, 7) is 0.660. The first-order chi connectivity index (χ1) is 4.20. The molecule has 0 aliphatic carbocycles. The van der Waals surface area contributed by atoms with Crippen LogP contribution in [0.4, 0.5) is 0 Å². The van der Waals surface area contributed by atoms with Crippen molar-refractivity contribution < 1.29 is 8.54 Å². The maximum atomic E-state index is 9.15. The van der Waals surface area contributed by atoms with Gasteiger partial charge in [0, 0.05) is 0 Å². The van der Waals surface area contributed by atoms with Crippen LogP contribution >= 0.6 is 20.2 Å². The van der Waals surface area contributed by atoms with Gasteiger partial charge in [0.05, 0.1) is 0 Å². The van der Waals surface area contributed by atoms with E-state index in [1.165, 1.54) is 0 Å². The Kier molecular flexibility index (Phi) is 2.69. The molecule has 1 rings (SSSR count). The van der Waals surface area contributed by atoms with Crippen molar-refractivity contribution in [3.8, 4) is 0 Å². The van der Waals surface area contributed by atoms with Gasteiger partial charge in [-0.05, 0) is 0 Å². The number of β-amino-alcohol motifs (C(OH)–C–C–N with tert-alkyl or cyclic N) is 1. The maximum absolute atomic E-state index is 9.15. The Morgan fingerprint density at radius 3 is 2.56 bits per heavy atom. The second kappa shape index (κ2) is 3.14. The number of aliphatic hydroxyl groups is 1. The Morgan fingerprint density at radius 1 is 1.67 bits per heavy atom. The van der Waals surface area contributed by atoms with E-state index in [-0.39, 0.29) is 10.2 Å². The first-order valence-electron chi connectivity index (χ1n) is 2.89.